The molecule has 0 spiro atoms. The number of carbonyl (C=O) groups is 3. The number of carbonyl (C=O) groups excluding carboxylic acids is 3. The molecule has 3 rings (SSSR count). The van der Waals surface area contributed by atoms with Crippen molar-refractivity contribution in [3.8, 4) is 5.75 Å². The Morgan fingerprint density at radius 3 is 2.60 bits per heavy atom. The third kappa shape index (κ3) is 3.63. The molecule has 1 fully saturated rings. The maximum atomic E-state index is 12.2. The van der Waals surface area contributed by atoms with Gasteiger partial charge in [-0.2, -0.15) is 0 Å². The SMILES string of the molecule is COc1ccc(N2C[C@H](C(=O)NNC(=O)c3ccco3)CC2=O)cc1. The van der Waals surface area contributed by atoms with E-state index in [1.807, 2.05) is 0 Å². The highest BCUT2D eigenvalue weighted by Crippen LogP contribution is 2.26. The van der Waals surface area contributed by atoms with Gasteiger partial charge in [0.15, 0.2) is 5.76 Å². The number of anilines is 1. The number of nitrogens with zero attached hydrogens (tertiary/aromatic N) is 1. The molecule has 130 valence electrons. The van der Waals surface area contributed by atoms with Gasteiger partial charge in [0, 0.05) is 18.7 Å². The molecule has 0 saturated carbocycles. The van der Waals surface area contributed by atoms with E-state index in [2.05, 4.69) is 10.9 Å². The van der Waals surface area contributed by atoms with E-state index in [1.54, 1.807) is 37.4 Å². The number of amides is 3. The normalized spacial score (nSPS) is 16.6. The van der Waals surface area contributed by atoms with Gasteiger partial charge >= 0.3 is 5.91 Å². The van der Waals surface area contributed by atoms with Crippen LogP contribution in [0.5, 0.6) is 5.75 Å². The molecule has 1 atom stereocenters. The van der Waals surface area contributed by atoms with Crippen molar-refractivity contribution in [2.45, 2.75) is 6.42 Å². The first kappa shape index (κ1) is 16.6. The van der Waals surface area contributed by atoms with Gasteiger partial charge in [0.2, 0.25) is 11.8 Å². The van der Waals surface area contributed by atoms with Gasteiger partial charge < -0.3 is 14.1 Å². The molecule has 2 N–H and O–H groups in total. The minimum atomic E-state index is -0.560. The predicted molar refractivity (Wildman–Crippen MR) is 87.8 cm³/mol. The summed E-state index contributed by atoms with van der Waals surface area (Å²) >= 11 is 0. The zero-order valence-electron chi connectivity index (χ0n) is 13.5. The Balaban J connectivity index is 1.57. The number of methoxy groups -OCH3 is 1. The van der Waals surface area contributed by atoms with E-state index >= 15 is 0 Å². The number of hydrogen-bond donors (Lipinski definition) is 2. The van der Waals surface area contributed by atoms with Gasteiger partial charge in [-0.25, -0.2) is 0 Å². The van der Waals surface area contributed by atoms with Crippen molar-refractivity contribution in [1.82, 2.24) is 10.9 Å². The number of benzene rings is 1. The van der Waals surface area contributed by atoms with Crippen LogP contribution in [0.25, 0.3) is 0 Å². The Labute approximate surface area is 143 Å². The summed E-state index contributed by atoms with van der Waals surface area (Å²) in [4.78, 5) is 37.6. The van der Waals surface area contributed by atoms with Crippen LogP contribution in [-0.2, 0) is 9.59 Å². The maximum Gasteiger partial charge on any atom is 0.305 e. The molecule has 0 unspecified atom stereocenters. The van der Waals surface area contributed by atoms with Crippen LogP contribution in [0.15, 0.2) is 47.1 Å². The quantitative estimate of drug-likeness (QED) is 0.810. The van der Waals surface area contributed by atoms with Gasteiger partial charge in [-0.3, -0.25) is 25.2 Å². The average Bonchev–Trinajstić information content (AvgIpc) is 3.29. The van der Waals surface area contributed by atoms with E-state index in [0.717, 1.165) is 0 Å². The van der Waals surface area contributed by atoms with Crippen LogP contribution in [0.1, 0.15) is 17.0 Å². The van der Waals surface area contributed by atoms with Crippen LogP contribution >= 0.6 is 0 Å². The van der Waals surface area contributed by atoms with Crippen LogP contribution < -0.4 is 20.5 Å². The number of rotatable bonds is 4. The molecule has 1 aromatic heterocycles. The molecule has 25 heavy (non-hydrogen) atoms. The lowest BCUT2D eigenvalue weighted by molar-refractivity contribution is -0.126. The Morgan fingerprint density at radius 2 is 1.96 bits per heavy atom. The van der Waals surface area contributed by atoms with Crippen molar-refractivity contribution in [2.24, 2.45) is 5.92 Å². The average molecular weight is 343 g/mol. The number of hydrogen-bond acceptors (Lipinski definition) is 5. The Kier molecular flexibility index (Phi) is 4.69. The molecular weight excluding hydrogens is 326 g/mol. The van der Waals surface area contributed by atoms with Crippen molar-refractivity contribution >= 4 is 23.4 Å². The third-order valence-electron chi connectivity index (χ3n) is 3.92. The van der Waals surface area contributed by atoms with Crippen LogP contribution in [0.4, 0.5) is 5.69 Å². The van der Waals surface area contributed by atoms with E-state index in [-0.39, 0.29) is 24.6 Å². The van der Waals surface area contributed by atoms with E-state index < -0.39 is 17.7 Å². The van der Waals surface area contributed by atoms with Gasteiger partial charge in [0.25, 0.3) is 0 Å². The maximum absolute atomic E-state index is 12.2. The monoisotopic (exact) mass is 343 g/mol. The van der Waals surface area contributed by atoms with E-state index in [1.165, 1.54) is 17.2 Å². The van der Waals surface area contributed by atoms with E-state index in [9.17, 15) is 14.4 Å². The molecule has 3 amide bonds. The smallest absolute Gasteiger partial charge is 0.305 e. The summed E-state index contributed by atoms with van der Waals surface area (Å²) in [6, 6.07) is 10.1. The van der Waals surface area contributed by atoms with Crippen molar-refractivity contribution in [1.29, 1.82) is 0 Å². The summed E-state index contributed by atoms with van der Waals surface area (Å²) in [5.74, 6) is -0.916. The molecular formula is C17H17N3O5. The number of furan rings is 1. The molecule has 0 radical (unpaired) electrons. The lowest BCUT2D eigenvalue weighted by Gasteiger charge is -2.17. The summed E-state index contributed by atoms with van der Waals surface area (Å²) in [5, 5.41) is 0. The Morgan fingerprint density at radius 1 is 1.20 bits per heavy atom. The van der Waals surface area contributed by atoms with Crippen LogP contribution in [0.3, 0.4) is 0 Å². The second-order valence-electron chi connectivity index (χ2n) is 5.52. The van der Waals surface area contributed by atoms with Crippen molar-refractivity contribution < 1.29 is 23.5 Å². The first-order valence-corrected chi connectivity index (χ1v) is 7.66. The second-order valence-corrected chi connectivity index (χ2v) is 5.52. The molecule has 1 saturated heterocycles. The van der Waals surface area contributed by atoms with Gasteiger partial charge in [-0.15, -0.1) is 0 Å². The van der Waals surface area contributed by atoms with E-state index in [0.29, 0.717) is 11.4 Å². The fraction of sp³-hybridized carbons (Fsp3) is 0.235. The van der Waals surface area contributed by atoms with Gasteiger partial charge in [0.05, 0.1) is 19.3 Å². The highest BCUT2D eigenvalue weighted by molar-refractivity contribution is 6.01. The summed E-state index contributed by atoms with van der Waals surface area (Å²) in [6.45, 7) is 0.244. The zero-order chi connectivity index (χ0) is 17.8. The number of nitrogens with one attached hydrogen (secondary N) is 2. The first-order valence-electron chi connectivity index (χ1n) is 7.66. The lowest BCUT2D eigenvalue weighted by Crippen LogP contribution is -2.45. The van der Waals surface area contributed by atoms with Crippen molar-refractivity contribution in [2.75, 3.05) is 18.6 Å². The van der Waals surface area contributed by atoms with Gasteiger partial charge in [-0.05, 0) is 36.4 Å². The molecule has 8 heteroatoms. The Hall–Kier alpha value is -3.29. The molecule has 1 aliphatic rings. The molecule has 1 aromatic carbocycles. The number of hydrazine groups is 1. The zero-order valence-corrected chi connectivity index (χ0v) is 13.5. The number of ether oxygens (including phenoxy) is 1. The molecule has 2 heterocycles. The molecule has 1 aliphatic heterocycles. The minimum absolute atomic E-state index is 0.0779. The fourth-order valence-electron chi connectivity index (χ4n) is 2.58. The first-order chi connectivity index (χ1) is 12.1. The predicted octanol–water partition coefficient (Wildman–Crippen LogP) is 1.10. The van der Waals surface area contributed by atoms with Gasteiger partial charge in [0.1, 0.15) is 5.75 Å². The molecule has 0 bridgehead atoms. The summed E-state index contributed by atoms with van der Waals surface area (Å²) in [7, 11) is 1.56. The van der Waals surface area contributed by atoms with Crippen LogP contribution in [-0.4, -0.2) is 31.4 Å². The molecule has 0 aliphatic carbocycles. The van der Waals surface area contributed by atoms with Crippen LogP contribution in [0.2, 0.25) is 0 Å². The summed E-state index contributed by atoms with van der Waals surface area (Å²) < 4.78 is 10.0. The molecule has 2 aromatic rings. The topological polar surface area (TPSA) is 101 Å². The largest absolute Gasteiger partial charge is 0.497 e. The fourth-order valence-corrected chi connectivity index (χ4v) is 2.58. The van der Waals surface area contributed by atoms with E-state index in [4.69, 9.17) is 9.15 Å². The lowest BCUT2D eigenvalue weighted by atomic mass is 10.1. The second kappa shape index (κ2) is 7.08. The molecule has 8 nitrogen and oxygen atoms in total. The third-order valence-corrected chi connectivity index (χ3v) is 3.92. The highest BCUT2D eigenvalue weighted by atomic mass is 16.5. The summed E-state index contributed by atoms with van der Waals surface area (Å²) in [5.41, 5.74) is 5.29. The van der Waals surface area contributed by atoms with Gasteiger partial charge in [-0.1, -0.05) is 0 Å². The minimum Gasteiger partial charge on any atom is -0.497 e. The van der Waals surface area contributed by atoms with Crippen LogP contribution in [0, 0.1) is 5.92 Å². The summed E-state index contributed by atoms with van der Waals surface area (Å²) in [6.07, 6.45) is 1.44. The Bertz CT molecular complexity index is 770. The van der Waals surface area contributed by atoms with Crippen molar-refractivity contribution in [3.05, 3.63) is 48.4 Å². The standard InChI is InChI=1S/C17H17N3O5/c1-24-13-6-4-12(5-7-13)20-10-11(9-15(20)21)16(22)18-19-17(23)14-3-2-8-25-14/h2-8,11H,9-10H2,1H3,(H,18,22)(H,19,23)/t11-/m1/s1. The van der Waals surface area contributed by atoms with Crippen molar-refractivity contribution in [3.63, 3.8) is 0 Å². The highest BCUT2D eigenvalue weighted by Gasteiger charge is 2.35.